The molecule has 0 aliphatic carbocycles. The summed E-state index contributed by atoms with van der Waals surface area (Å²) in [5.41, 5.74) is 1.91. The maximum absolute atomic E-state index is 13.5. The Kier molecular flexibility index (Phi) is 4.40. The van der Waals surface area contributed by atoms with Crippen LogP contribution in [0.15, 0.2) is 51.7 Å². The Balaban J connectivity index is 1.54. The van der Waals surface area contributed by atoms with E-state index in [1.807, 2.05) is 24.3 Å². The highest BCUT2D eigenvalue weighted by atomic mass is 79.9. The van der Waals surface area contributed by atoms with Gasteiger partial charge in [-0.25, -0.2) is 9.18 Å². The van der Waals surface area contributed by atoms with Gasteiger partial charge >= 0.3 is 5.69 Å². The fourth-order valence-electron chi connectivity index (χ4n) is 3.60. The van der Waals surface area contributed by atoms with Crippen LogP contribution in [-0.2, 0) is 0 Å². The van der Waals surface area contributed by atoms with Crippen molar-refractivity contribution in [3.05, 3.63) is 68.8 Å². The third kappa shape index (κ3) is 2.96. The first-order valence-corrected chi connectivity index (χ1v) is 9.27. The zero-order chi connectivity index (χ0) is 18.3. The Morgan fingerprint density at radius 1 is 1.15 bits per heavy atom. The number of carbonyl (C=O) groups is 1. The molecule has 0 unspecified atom stereocenters. The molecule has 0 spiro atoms. The first-order valence-electron chi connectivity index (χ1n) is 8.48. The normalized spacial score (nSPS) is 15.5. The Morgan fingerprint density at radius 2 is 1.88 bits per heavy atom. The van der Waals surface area contributed by atoms with Crippen molar-refractivity contribution < 1.29 is 9.18 Å². The van der Waals surface area contributed by atoms with Crippen molar-refractivity contribution in [2.75, 3.05) is 13.1 Å². The number of halogens is 2. The van der Waals surface area contributed by atoms with E-state index in [2.05, 4.69) is 20.9 Å². The number of hydrogen-bond acceptors (Lipinski definition) is 2. The minimum absolute atomic E-state index is 0.0404. The van der Waals surface area contributed by atoms with Crippen LogP contribution in [0.25, 0.3) is 11.0 Å². The lowest BCUT2D eigenvalue weighted by molar-refractivity contribution is 0.0693. The standard InChI is InChI=1S/C19H17BrFN3O2/c20-15-6-5-12(21)11-14(15)18(25)23-9-7-13(8-10-23)24-17-4-2-1-3-16(17)22-19(24)26/h1-6,11,13H,7-10H2,(H,22,26). The summed E-state index contributed by atoms with van der Waals surface area (Å²) in [7, 11) is 0. The number of fused-ring (bicyclic) bond motifs is 1. The molecule has 1 aliphatic heterocycles. The molecule has 0 atom stereocenters. The van der Waals surface area contributed by atoms with Gasteiger partial charge in [0, 0.05) is 23.6 Å². The van der Waals surface area contributed by atoms with E-state index < -0.39 is 5.82 Å². The highest BCUT2D eigenvalue weighted by Crippen LogP contribution is 2.27. The predicted octanol–water partition coefficient (Wildman–Crippen LogP) is 3.71. The first kappa shape index (κ1) is 17.0. The van der Waals surface area contributed by atoms with E-state index in [4.69, 9.17) is 0 Å². The van der Waals surface area contributed by atoms with Crippen molar-refractivity contribution in [1.29, 1.82) is 0 Å². The molecule has 3 aromatic rings. The van der Waals surface area contributed by atoms with E-state index in [1.165, 1.54) is 12.1 Å². The van der Waals surface area contributed by atoms with Crippen molar-refractivity contribution in [3.63, 3.8) is 0 Å². The number of benzene rings is 2. The average molecular weight is 418 g/mol. The van der Waals surface area contributed by atoms with Crippen LogP contribution in [0.1, 0.15) is 29.2 Å². The monoisotopic (exact) mass is 417 g/mol. The van der Waals surface area contributed by atoms with E-state index in [-0.39, 0.29) is 17.6 Å². The smallest absolute Gasteiger partial charge is 0.326 e. The molecule has 134 valence electrons. The Hall–Kier alpha value is -2.41. The Labute approximate surface area is 157 Å². The van der Waals surface area contributed by atoms with Gasteiger partial charge in [0.25, 0.3) is 5.91 Å². The summed E-state index contributed by atoms with van der Waals surface area (Å²) in [6, 6.07) is 11.8. The van der Waals surface area contributed by atoms with Gasteiger partial charge in [0.05, 0.1) is 16.6 Å². The second-order valence-corrected chi connectivity index (χ2v) is 7.32. The number of H-pyrrole nitrogens is 1. The van der Waals surface area contributed by atoms with E-state index in [0.717, 1.165) is 11.0 Å². The summed E-state index contributed by atoms with van der Waals surface area (Å²) in [6.07, 6.45) is 1.36. The van der Waals surface area contributed by atoms with Crippen LogP contribution in [0, 0.1) is 5.82 Å². The highest BCUT2D eigenvalue weighted by Gasteiger charge is 2.27. The number of piperidine rings is 1. The van der Waals surface area contributed by atoms with Crippen molar-refractivity contribution in [3.8, 4) is 0 Å². The summed E-state index contributed by atoms with van der Waals surface area (Å²) in [5.74, 6) is -0.627. The fraction of sp³-hybridized carbons (Fsp3) is 0.263. The number of carbonyl (C=O) groups excluding carboxylic acids is 1. The third-order valence-corrected chi connectivity index (χ3v) is 5.59. The minimum Gasteiger partial charge on any atom is -0.338 e. The maximum Gasteiger partial charge on any atom is 0.326 e. The number of aromatic amines is 1. The predicted molar refractivity (Wildman–Crippen MR) is 101 cm³/mol. The van der Waals surface area contributed by atoms with Gasteiger partial charge in [0.2, 0.25) is 0 Å². The van der Waals surface area contributed by atoms with Crippen LogP contribution in [0.4, 0.5) is 4.39 Å². The van der Waals surface area contributed by atoms with Crippen LogP contribution in [0.2, 0.25) is 0 Å². The van der Waals surface area contributed by atoms with Gasteiger partial charge in [0.1, 0.15) is 5.82 Å². The van der Waals surface area contributed by atoms with Crippen molar-refractivity contribution in [1.82, 2.24) is 14.5 Å². The molecule has 1 aliphatic rings. The number of imidazole rings is 1. The van der Waals surface area contributed by atoms with Gasteiger partial charge in [-0.15, -0.1) is 0 Å². The molecular weight excluding hydrogens is 401 g/mol. The lowest BCUT2D eigenvalue weighted by atomic mass is 10.0. The molecule has 1 aromatic heterocycles. The second-order valence-electron chi connectivity index (χ2n) is 6.46. The molecule has 1 amide bonds. The minimum atomic E-state index is -0.434. The number of rotatable bonds is 2. The lowest BCUT2D eigenvalue weighted by Crippen LogP contribution is -2.40. The number of nitrogens with one attached hydrogen (secondary N) is 1. The summed E-state index contributed by atoms with van der Waals surface area (Å²) < 4.78 is 15.9. The van der Waals surface area contributed by atoms with Gasteiger partial charge in [-0.2, -0.15) is 0 Å². The van der Waals surface area contributed by atoms with E-state index in [9.17, 15) is 14.0 Å². The number of amides is 1. The lowest BCUT2D eigenvalue weighted by Gasteiger charge is -2.32. The van der Waals surface area contributed by atoms with E-state index in [0.29, 0.717) is 36.0 Å². The maximum atomic E-state index is 13.5. The number of hydrogen-bond donors (Lipinski definition) is 1. The van der Waals surface area contributed by atoms with Crippen LogP contribution in [-0.4, -0.2) is 33.4 Å². The number of para-hydroxylation sites is 2. The Bertz CT molecular complexity index is 1030. The van der Waals surface area contributed by atoms with Crippen LogP contribution >= 0.6 is 15.9 Å². The highest BCUT2D eigenvalue weighted by molar-refractivity contribution is 9.10. The summed E-state index contributed by atoms with van der Waals surface area (Å²) in [5, 5.41) is 0. The van der Waals surface area contributed by atoms with E-state index in [1.54, 1.807) is 15.5 Å². The molecule has 4 rings (SSSR count). The summed E-state index contributed by atoms with van der Waals surface area (Å²) in [6.45, 7) is 1.05. The summed E-state index contributed by atoms with van der Waals surface area (Å²) in [4.78, 5) is 29.6. The SMILES string of the molecule is O=C(c1cc(F)ccc1Br)N1CCC(n2c(=O)[nH]c3ccccc32)CC1. The van der Waals surface area contributed by atoms with Crippen molar-refractivity contribution >= 4 is 32.9 Å². The van der Waals surface area contributed by atoms with Crippen molar-refractivity contribution in [2.45, 2.75) is 18.9 Å². The zero-order valence-electron chi connectivity index (χ0n) is 13.9. The molecule has 0 bridgehead atoms. The van der Waals surface area contributed by atoms with Gasteiger partial charge in [-0.3, -0.25) is 9.36 Å². The number of likely N-dealkylation sites (tertiary alicyclic amines) is 1. The topological polar surface area (TPSA) is 58.1 Å². The first-order chi connectivity index (χ1) is 12.5. The average Bonchev–Trinajstić information content (AvgIpc) is 2.99. The van der Waals surface area contributed by atoms with Gasteiger partial charge in [0.15, 0.2) is 0 Å². The molecule has 1 fully saturated rings. The molecule has 5 nitrogen and oxygen atoms in total. The van der Waals surface area contributed by atoms with Crippen LogP contribution < -0.4 is 5.69 Å². The number of aromatic nitrogens is 2. The molecule has 7 heteroatoms. The molecule has 1 N–H and O–H groups in total. The quantitative estimate of drug-likeness (QED) is 0.690. The van der Waals surface area contributed by atoms with Crippen LogP contribution in [0.5, 0.6) is 0 Å². The second kappa shape index (κ2) is 6.72. The third-order valence-electron chi connectivity index (χ3n) is 4.90. The fourth-order valence-corrected chi connectivity index (χ4v) is 4.01. The van der Waals surface area contributed by atoms with Crippen molar-refractivity contribution in [2.24, 2.45) is 0 Å². The van der Waals surface area contributed by atoms with Gasteiger partial charge in [-0.05, 0) is 59.1 Å². The largest absolute Gasteiger partial charge is 0.338 e. The summed E-state index contributed by atoms with van der Waals surface area (Å²) >= 11 is 3.31. The molecule has 2 aromatic carbocycles. The molecule has 0 saturated carbocycles. The molecule has 0 radical (unpaired) electrons. The van der Waals surface area contributed by atoms with Gasteiger partial charge in [-0.1, -0.05) is 12.1 Å². The molecular formula is C19H17BrFN3O2. The van der Waals surface area contributed by atoms with Gasteiger partial charge < -0.3 is 9.88 Å². The zero-order valence-corrected chi connectivity index (χ0v) is 15.5. The molecule has 2 heterocycles. The van der Waals surface area contributed by atoms with Crippen LogP contribution in [0.3, 0.4) is 0 Å². The molecule has 26 heavy (non-hydrogen) atoms. The Morgan fingerprint density at radius 3 is 2.65 bits per heavy atom. The number of nitrogens with zero attached hydrogens (tertiary/aromatic N) is 2. The molecule has 1 saturated heterocycles. The van der Waals surface area contributed by atoms with E-state index >= 15 is 0 Å².